The number of aliphatic hydroxyl groups is 2. The highest BCUT2D eigenvalue weighted by Crippen LogP contribution is 2.38. The van der Waals surface area contributed by atoms with Gasteiger partial charge in [0.25, 0.3) is 6.10 Å². The van der Waals surface area contributed by atoms with E-state index in [-0.39, 0.29) is 16.9 Å². The van der Waals surface area contributed by atoms with Gasteiger partial charge in [0.15, 0.2) is 6.61 Å². The lowest BCUT2D eigenvalue weighted by Crippen LogP contribution is -2.52. The van der Waals surface area contributed by atoms with E-state index in [4.69, 9.17) is 9.29 Å². The SMILES string of the molecule is CC(C)(O)c1cc(OCC(=O)OC(C(F)(F)F)C(F)(F)S(=O)(=O)O)cc(C(C)(C)O)c1. The van der Waals surface area contributed by atoms with Crippen molar-refractivity contribution in [2.75, 3.05) is 6.61 Å². The van der Waals surface area contributed by atoms with Crippen molar-refractivity contribution in [1.29, 1.82) is 0 Å². The molecule has 0 aliphatic heterocycles. The standard InChI is InChI=1S/C17H21F5O8S/c1-14(2,24)9-5-10(15(3,4)25)7-11(6-9)29-8-12(23)30-13(16(18,19)20)17(21,22)31(26,27)28/h5-7,13,24-25H,8H2,1-4H3,(H,26,27,28). The van der Waals surface area contributed by atoms with E-state index < -0.39 is 51.4 Å². The van der Waals surface area contributed by atoms with E-state index >= 15 is 0 Å². The summed E-state index contributed by atoms with van der Waals surface area (Å²) in [5, 5.41) is 14.4. The summed E-state index contributed by atoms with van der Waals surface area (Å²) in [6.45, 7) is 4.13. The highest BCUT2D eigenvalue weighted by molar-refractivity contribution is 7.86. The largest absolute Gasteiger partial charge is 0.482 e. The maximum Gasteiger partial charge on any atom is 0.432 e. The molecule has 1 unspecified atom stereocenters. The molecule has 0 saturated heterocycles. The van der Waals surface area contributed by atoms with Crippen molar-refractivity contribution in [2.45, 2.75) is 56.4 Å². The van der Waals surface area contributed by atoms with Crippen LogP contribution in [0.4, 0.5) is 22.0 Å². The number of rotatable bonds is 8. The van der Waals surface area contributed by atoms with Crippen molar-refractivity contribution in [2.24, 2.45) is 0 Å². The van der Waals surface area contributed by atoms with Crippen LogP contribution in [-0.2, 0) is 30.9 Å². The molecule has 1 aromatic rings. The second-order valence-corrected chi connectivity index (χ2v) is 9.10. The number of hydrogen-bond acceptors (Lipinski definition) is 7. The topological polar surface area (TPSA) is 130 Å². The third-order valence-corrected chi connectivity index (χ3v) is 4.77. The van der Waals surface area contributed by atoms with Gasteiger partial charge in [-0.25, -0.2) is 4.79 Å². The molecule has 178 valence electrons. The Labute approximate surface area is 174 Å². The van der Waals surface area contributed by atoms with Crippen molar-refractivity contribution in [3.63, 3.8) is 0 Å². The fourth-order valence-electron chi connectivity index (χ4n) is 2.16. The molecule has 0 aromatic heterocycles. The smallest absolute Gasteiger partial charge is 0.432 e. The molecule has 1 atom stereocenters. The molecule has 0 spiro atoms. The summed E-state index contributed by atoms with van der Waals surface area (Å²) in [5.74, 6) is -2.26. The molecule has 0 aliphatic carbocycles. The number of halogens is 5. The zero-order valence-corrected chi connectivity index (χ0v) is 17.5. The third kappa shape index (κ3) is 6.98. The normalized spacial score (nSPS) is 14.8. The van der Waals surface area contributed by atoms with Crippen LogP contribution in [-0.4, -0.2) is 53.3 Å². The van der Waals surface area contributed by atoms with Crippen LogP contribution in [0.1, 0.15) is 38.8 Å². The van der Waals surface area contributed by atoms with E-state index in [1.807, 2.05) is 0 Å². The molecule has 8 nitrogen and oxygen atoms in total. The minimum absolute atomic E-state index is 0.182. The Kier molecular flexibility index (Phi) is 7.39. The number of benzene rings is 1. The molecule has 0 bridgehead atoms. The van der Waals surface area contributed by atoms with Crippen molar-refractivity contribution in [1.82, 2.24) is 0 Å². The van der Waals surface area contributed by atoms with Crippen LogP contribution in [0, 0.1) is 0 Å². The second-order valence-electron chi connectivity index (χ2n) is 7.60. The fourth-order valence-corrected chi connectivity index (χ4v) is 2.61. The van der Waals surface area contributed by atoms with Gasteiger partial charge in [0.2, 0.25) is 0 Å². The van der Waals surface area contributed by atoms with Gasteiger partial charge in [0.1, 0.15) is 5.75 Å². The van der Waals surface area contributed by atoms with Crippen LogP contribution in [0.15, 0.2) is 18.2 Å². The van der Waals surface area contributed by atoms with Crippen molar-refractivity contribution < 1.29 is 59.4 Å². The lowest BCUT2D eigenvalue weighted by molar-refractivity contribution is -0.259. The molecule has 1 aromatic carbocycles. The Morgan fingerprint density at radius 3 is 1.71 bits per heavy atom. The molecule has 31 heavy (non-hydrogen) atoms. The highest BCUT2D eigenvalue weighted by atomic mass is 32.2. The molecule has 0 aliphatic rings. The Hall–Kier alpha value is -2.03. The van der Waals surface area contributed by atoms with Gasteiger partial charge in [-0.15, -0.1) is 0 Å². The van der Waals surface area contributed by atoms with Crippen molar-refractivity contribution in [3.8, 4) is 5.75 Å². The molecule has 0 saturated carbocycles. The Morgan fingerprint density at radius 1 is 0.968 bits per heavy atom. The monoisotopic (exact) mass is 480 g/mol. The Balaban J connectivity index is 3.14. The zero-order valence-electron chi connectivity index (χ0n) is 16.7. The van der Waals surface area contributed by atoms with Crippen LogP contribution in [0.5, 0.6) is 5.75 Å². The summed E-state index contributed by atoms with van der Waals surface area (Å²) in [5.41, 5.74) is -2.56. The fraction of sp³-hybridized carbons (Fsp3) is 0.588. The molecule has 0 radical (unpaired) electrons. The summed E-state index contributed by atoms with van der Waals surface area (Å²) in [4.78, 5) is 11.7. The number of ether oxygens (including phenoxy) is 2. The van der Waals surface area contributed by atoms with E-state index in [0.717, 1.165) is 0 Å². The quantitative estimate of drug-likeness (QED) is 0.294. The van der Waals surface area contributed by atoms with Crippen molar-refractivity contribution in [3.05, 3.63) is 29.3 Å². The highest BCUT2D eigenvalue weighted by Gasteiger charge is 2.66. The first-order chi connectivity index (χ1) is 13.6. The zero-order chi connectivity index (χ0) is 24.6. The summed E-state index contributed by atoms with van der Waals surface area (Å²) >= 11 is 0. The number of alkyl halides is 5. The predicted molar refractivity (Wildman–Crippen MR) is 94.9 cm³/mol. The van der Waals surface area contributed by atoms with Crippen LogP contribution in [0.3, 0.4) is 0 Å². The number of carbonyl (C=O) groups excluding carboxylic acids is 1. The van der Waals surface area contributed by atoms with Gasteiger partial charge in [-0.2, -0.15) is 30.4 Å². The summed E-state index contributed by atoms with van der Waals surface area (Å²) < 4.78 is 103. The van der Waals surface area contributed by atoms with Gasteiger partial charge in [-0.05, 0) is 57.0 Å². The summed E-state index contributed by atoms with van der Waals surface area (Å²) in [6.07, 6.45) is -10.5. The van der Waals surface area contributed by atoms with Crippen LogP contribution >= 0.6 is 0 Å². The van der Waals surface area contributed by atoms with Crippen LogP contribution in [0.25, 0.3) is 0 Å². The van der Waals surface area contributed by atoms with Crippen molar-refractivity contribution >= 4 is 16.1 Å². The maximum atomic E-state index is 13.5. The second kappa shape index (κ2) is 8.48. The minimum Gasteiger partial charge on any atom is -0.482 e. The molecule has 0 amide bonds. The van der Waals surface area contributed by atoms with E-state index in [9.17, 15) is 45.4 Å². The van der Waals surface area contributed by atoms with E-state index in [1.165, 1.54) is 45.9 Å². The Morgan fingerprint density at radius 2 is 1.39 bits per heavy atom. The number of esters is 1. The molecular formula is C17H21F5O8S. The number of carbonyl (C=O) groups is 1. The van der Waals surface area contributed by atoms with E-state index in [0.29, 0.717) is 0 Å². The third-order valence-electron chi connectivity index (χ3n) is 3.87. The molecule has 1 rings (SSSR count). The van der Waals surface area contributed by atoms with Gasteiger partial charge in [-0.3, -0.25) is 4.55 Å². The molecule has 14 heteroatoms. The van der Waals surface area contributed by atoms with E-state index in [2.05, 4.69) is 4.74 Å². The average Bonchev–Trinajstić information content (AvgIpc) is 2.53. The minimum atomic E-state index is -6.57. The lowest BCUT2D eigenvalue weighted by Gasteiger charge is -2.26. The molecule has 0 fully saturated rings. The first kappa shape index (κ1) is 27.0. The van der Waals surface area contributed by atoms with Crippen LogP contribution in [0.2, 0.25) is 0 Å². The maximum absolute atomic E-state index is 13.5. The average molecular weight is 480 g/mol. The van der Waals surface area contributed by atoms with Crippen LogP contribution < -0.4 is 4.74 Å². The van der Waals surface area contributed by atoms with Gasteiger partial charge >= 0.3 is 27.5 Å². The predicted octanol–water partition coefficient (Wildman–Crippen LogP) is 2.47. The lowest BCUT2D eigenvalue weighted by atomic mass is 9.90. The molecule has 3 N–H and O–H groups in total. The first-order valence-corrected chi connectivity index (χ1v) is 9.85. The van der Waals surface area contributed by atoms with Gasteiger partial charge < -0.3 is 19.7 Å². The van der Waals surface area contributed by atoms with Gasteiger partial charge in [-0.1, -0.05) is 0 Å². The summed E-state index contributed by atoms with van der Waals surface area (Å²) in [6, 6.07) is 3.75. The molecular weight excluding hydrogens is 459 g/mol. The van der Waals surface area contributed by atoms with Gasteiger partial charge in [0, 0.05) is 0 Å². The van der Waals surface area contributed by atoms with E-state index in [1.54, 1.807) is 0 Å². The molecule has 0 heterocycles. The summed E-state index contributed by atoms with van der Waals surface area (Å²) in [7, 11) is -6.57. The number of hydrogen-bond donors (Lipinski definition) is 3. The Bertz CT molecular complexity index is 882. The first-order valence-electron chi connectivity index (χ1n) is 8.41. The van der Waals surface area contributed by atoms with Gasteiger partial charge in [0.05, 0.1) is 11.2 Å².